The number of phosphoric ester groups is 1. The van der Waals surface area contributed by atoms with Crippen molar-refractivity contribution < 1.29 is 56.7 Å². The number of unbranched alkanes of at least 4 members (excludes halogenated alkanes) is 1. The second-order valence-corrected chi connectivity index (χ2v) is 13.6. The SMILES string of the molecule is CCCCOP(=O)(O)CP(=O)(O)OP(=O)(O)OCC1OC(n2cnc3c(=O)[nH]c(N)nc32)C(O)C1O. The van der Waals surface area contributed by atoms with Crippen LogP contribution in [0, 0.1) is 0 Å². The van der Waals surface area contributed by atoms with Crippen molar-refractivity contribution in [1.82, 2.24) is 19.5 Å². The molecule has 3 heterocycles. The number of aliphatic hydroxyl groups excluding tert-OH is 2. The zero-order valence-electron chi connectivity index (χ0n) is 18.7. The second kappa shape index (κ2) is 11.1. The van der Waals surface area contributed by atoms with E-state index in [1.54, 1.807) is 6.92 Å². The molecule has 0 aliphatic carbocycles. The van der Waals surface area contributed by atoms with E-state index in [0.717, 1.165) is 10.9 Å². The zero-order valence-corrected chi connectivity index (χ0v) is 21.4. The maximum absolute atomic E-state index is 12.2. The van der Waals surface area contributed by atoms with Crippen LogP contribution in [0.5, 0.6) is 0 Å². The maximum atomic E-state index is 12.2. The van der Waals surface area contributed by atoms with Crippen molar-refractivity contribution >= 4 is 40.1 Å². The molecule has 0 radical (unpaired) electrons. The molecule has 21 heteroatoms. The number of rotatable bonds is 12. The van der Waals surface area contributed by atoms with Gasteiger partial charge in [0.1, 0.15) is 18.3 Å². The highest BCUT2D eigenvalue weighted by Crippen LogP contribution is 2.66. The van der Waals surface area contributed by atoms with Crippen molar-refractivity contribution in [3.05, 3.63) is 16.7 Å². The van der Waals surface area contributed by atoms with Gasteiger partial charge in [-0.25, -0.2) is 13.9 Å². The van der Waals surface area contributed by atoms with Gasteiger partial charge in [0.25, 0.3) is 5.56 Å². The molecule has 0 spiro atoms. The zero-order chi connectivity index (χ0) is 26.9. The van der Waals surface area contributed by atoms with Gasteiger partial charge in [0.2, 0.25) is 5.95 Å². The number of H-pyrrole nitrogens is 1. The standard InChI is InChI=1S/C15H26N5O13P3/c1-2-3-4-30-34(24,25)7-35(26,27)33-36(28,29)31-5-8-10(21)11(22)14(32-8)20-6-17-9-12(20)18-15(16)19-13(9)23/h6,8,10-11,14,21-22H,2-5,7H2,1H3,(H,24,25)(H,26,27)(H,28,29)(H3,16,18,19,23). The molecular formula is C15H26N5O13P3. The molecule has 1 fully saturated rings. The van der Waals surface area contributed by atoms with Gasteiger partial charge in [-0.15, -0.1) is 0 Å². The first-order valence-electron chi connectivity index (χ1n) is 10.4. The van der Waals surface area contributed by atoms with E-state index >= 15 is 0 Å². The Labute approximate surface area is 202 Å². The lowest BCUT2D eigenvalue weighted by molar-refractivity contribution is -0.0501. The number of nitrogens with two attached hydrogens (primary N) is 1. The van der Waals surface area contributed by atoms with Crippen molar-refractivity contribution in [3.8, 4) is 0 Å². The average molecular weight is 577 g/mol. The third-order valence-corrected chi connectivity index (χ3v) is 10.6. The highest BCUT2D eigenvalue weighted by molar-refractivity contribution is 7.74. The number of nitrogen functional groups attached to an aromatic ring is 1. The molecule has 0 bridgehead atoms. The number of ether oxygens (including phenoxy) is 1. The molecule has 2 aromatic heterocycles. The van der Waals surface area contributed by atoms with E-state index in [4.69, 9.17) is 10.5 Å². The average Bonchev–Trinajstić information content (AvgIpc) is 3.26. The van der Waals surface area contributed by atoms with Gasteiger partial charge in [0.15, 0.2) is 23.3 Å². The number of nitrogens with one attached hydrogen (secondary N) is 1. The Hall–Kier alpha value is -1.52. The Kier molecular flexibility index (Phi) is 8.93. The first-order valence-corrected chi connectivity index (χ1v) is 15.4. The molecule has 36 heavy (non-hydrogen) atoms. The maximum Gasteiger partial charge on any atom is 0.479 e. The Morgan fingerprint density at radius 2 is 1.86 bits per heavy atom. The molecule has 7 unspecified atom stereocenters. The molecule has 204 valence electrons. The van der Waals surface area contributed by atoms with Crippen LogP contribution in [0.15, 0.2) is 11.1 Å². The van der Waals surface area contributed by atoms with Crippen LogP contribution in [0.25, 0.3) is 11.2 Å². The number of hydrogen-bond donors (Lipinski definition) is 7. The number of aromatic nitrogens is 4. The van der Waals surface area contributed by atoms with Gasteiger partial charge in [-0.1, -0.05) is 13.3 Å². The summed E-state index contributed by atoms with van der Waals surface area (Å²) >= 11 is 0. The van der Waals surface area contributed by atoms with Crippen molar-refractivity contribution in [2.45, 2.75) is 44.3 Å². The van der Waals surface area contributed by atoms with Crippen molar-refractivity contribution in [1.29, 1.82) is 0 Å². The molecule has 0 amide bonds. The molecular weight excluding hydrogens is 551 g/mol. The number of anilines is 1. The van der Waals surface area contributed by atoms with E-state index in [1.807, 2.05) is 0 Å². The van der Waals surface area contributed by atoms with Crippen LogP contribution < -0.4 is 11.3 Å². The summed E-state index contributed by atoms with van der Waals surface area (Å²) in [6.45, 7) is 0.679. The van der Waals surface area contributed by atoms with E-state index in [2.05, 4.69) is 28.3 Å². The summed E-state index contributed by atoms with van der Waals surface area (Å²) in [6, 6.07) is 0. The van der Waals surface area contributed by atoms with Gasteiger partial charge >= 0.3 is 23.0 Å². The van der Waals surface area contributed by atoms with E-state index < -0.39 is 65.6 Å². The summed E-state index contributed by atoms with van der Waals surface area (Å²) in [6.07, 6.45) is -4.08. The first kappa shape index (κ1) is 29.0. The van der Waals surface area contributed by atoms with Gasteiger partial charge in [-0.2, -0.15) is 4.98 Å². The summed E-state index contributed by atoms with van der Waals surface area (Å²) in [5.74, 6) is -1.72. The largest absolute Gasteiger partial charge is 0.479 e. The van der Waals surface area contributed by atoms with E-state index in [1.165, 1.54) is 0 Å². The Morgan fingerprint density at radius 1 is 1.17 bits per heavy atom. The minimum atomic E-state index is -5.33. The number of aromatic amines is 1. The Morgan fingerprint density at radius 3 is 2.53 bits per heavy atom. The van der Waals surface area contributed by atoms with Crippen LogP contribution in [0.3, 0.4) is 0 Å². The molecule has 8 N–H and O–H groups in total. The summed E-state index contributed by atoms with van der Waals surface area (Å²) in [4.78, 5) is 51.2. The van der Waals surface area contributed by atoms with Crippen LogP contribution in [0.2, 0.25) is 0 Å². The van der Waals surface area contributed by atoms with Gasteiger partial charge in [-0.05, 0) is 6.42 Å². The Balaban J connectivity index is 1.65. The lowest BCUT2D eigenvalue weighted by atomic mass is 10.1. The summed E-state index contributed by atoms with van der Waals surface area (Å²) in [7, 11) is -15.1. The molecule has 1 aliphatic heterocycles. The second-order valence-electron chi connectivity index (χ2n) is 7.77. The fraction of sp³-hybridized carbons (Fsp3) is 0.667. The molecule has 7 atom stereocenters. The van der Waals surface area contributed by atoms with Crippen LogP contribution in [-0.4, -0.2) is 81.8 Å². The van der Waals surface area contributed by atoms with E-state index in [0.29, 0.717) is 12.8 Å². The van der Waals surface area contributed by atoms with E-state index in [-0.39, 0.29) is 23.7 Å². The summed E-state index contributed by atoms with van der Waals surface area (Å²) in [5.41, 5.74) is 4.63. The van der Waals surface area contributed by atoms with Crippen LogP contribution in [0.1, 0.15) is 26.0 Å². The highest BCUT2D eigenvalue weighted by atomic mass is 31.3. The number of hydrogen-bond acceptors (Lipinski definition) is 13. The molecule has 2 aromatic rings. The van der Waals surface area contributed by atoms with Gasteiger partial charge in [0, 0.05) is 0 Å². The quantitative estimate of drug-likeness (QED) is 0.125. The van der Waals surface area contributed by atoms with Gasteiger partial charge < -0.3 is 39.9 Å². The lowest BCUT2D eigenvalue weighted by Gasteiger charge is -2.20. The summed E-state index contributed by atoms with van der Waals surface area (Å²) < 4.78 is 56.2. The number of phosphoric acid groups is 1. The molecule has 1 saturated heterocycles. The first-order chi connectivity index (χ1) is 16.6. The minimum Gasteiger partial charge on any atom is -0.387 e. The van der Waals surface area contributed by atoms with Crippen LogP contribution in [-0.2, 0) is 31.8 Å². The van der Waals surface area contributed by atoms with E-state index in [9.17, 15) is 43.4 Å². The third kappa shape index (κ3) is 7.07. The Bertz CT molecular complexity index is 1280. The molecule has 18 nitrogen and oxygen atoms in total. The molecule has 3 rings (SSSR count). The number of fused-ring (bicyclic) bond motifs is 1. The number of nitrogens with zero attached hydrogens (tertiary/aromatic N) is 3. The fourth-order valence-corrected chi connectivity index (χ4v) is 8.26. The minimum absolute atomic E-state index is 0.0824. The predicted molar refractivity (Wildman–Crippen MR) is 121 cm³/mol. The molecule has 1 aliphatic rings. The third-order valence-electron chi connectivity index (χ3n) is 4.84. The normalized spacial score (nSPS) is 27.5. The summed E-state index contributed by atoms with van der Waals surface area (Å²) in [5, 5.41) is 20.7. The van der Waals surface area contributed by atoms with Crippen molar-refractivity contribution in [2.75, 3.05) is 24.9 Å². The molecule has 0 saturated carbocycles. The van der Waals surface area contributed by atoms with Gasteiger partial charge in [-0.3, -0.25) is 28.0 Å². The lowest BCUT2D eigenvalue weighted by Crippen LogP contribution is -2.33. The van der Waals surface area contributed by atoms with Gasteiger partial charge in [0.05, 0.1) is 19.5 Å². The molecule has 0 aromatic carbocycles. The highest BCUT2D eigenvalue weighted by Gasteiger charge is 2.46. The predicted octanol–water partition coefficient (Wildman–Crippen LogP) is -0.400. The van der Waals surface area contributed by atoms with Crippen molar-refractivity contribution in [3.63, 3.8) is 0 Å². The smallest absolute Gasteiger partial charge is 0.387 e. The topological polar surface area (TPSA) is 279 Å². The number of aliphatic hydroxyl groups is 2. The van der Waals surface area contributed by atoms with Crippen molar-refractivity contribution in [2.24, 2.45) is 0 Å². The monoisotopic (exact) mass is 577 g/mol. The fourth-order valence-electron chi connectivity index (χ4n) is 3.22. The van der Waals surface area contributed by atoms with Crippen LogP contribution >= 0.6 is 23.0 Å². The van der Waals surface area contributed by atoms with Crippen LogP contribution in [0.4, 0.5) is 5.95 Å². The number of imidazole rings is 1.